The van der Waals surface area contributed by atoms with Crippen LogP contribution in [0.5, 0.6) is 0 Å². The second-order valence-electron chi connectivity index (χ2n) is 9.17. The molecule has 3 rings (SSSR count). The molecule has 0 radical (unpaired) electrons. The Morgan fingerprint density at radius 2 is 1.26 bits per heavy atom. The second-order valence-corrected chi connectivity index (χ2v) is 9.17. The molecule has 6 heteroatoms. The molecule has 0 unspecified atom stereocenters. The van der Waals surface area contributed by atoms with Crippen LogP contribution in [-0.2, 0) is 4.79 Å². The Morgan fingerprint density at radius 3 is 1.71 bits per heavy atom. The molecule has 1 saturated heterocycles. The van der Waals surface area contributed by atoms with Gasteiger partial charge in [0.05, 0.1) is 12.1 Å². The molecule has 0 aliphatic carbocycles. The predicted molar refractivity (Wildman–Crippen MR) is 124 cm³/mol. The van der Waals surface area contributed by atoms with Crippen LogP contribution in [0.3, 0.4) is 0 Å². The lowest BCUT2D eigenvalue weighted by molar-refractivity contribution is -0.125. The highest BCUT2D eigenvalue weighted by atomic mass is 16.2. The normalized spacial score (nSPS) is 16.7. The van der Waals surface area contributed by atoms with Crippen LogP contribution in [0.4, 0.5) is 4.79 Å². The topological polar surface area (TPSA) is 64.7 Å². The van der Waals surface area contributed by atoms with E-state index in [0.29, 0.717) is 0 Å². The van der Waals surface area contributed by atoms with E-state index in [4.69, 9.17) is 0 Å². The molecule has 1 aliphatic heterocycles. The predicted octanol–water partition coefficient (Wildman–Crippen LogP) is 3.41. The summed E-state index contributed by atoms with van der Waals surface area (Å²) in [7, 11) is 0. The van der Waals surface area contributed by atoms with E-state index in [1.807, 2.05) is 39.8 Å². The van der Waals surface area contributed by atoms with Crippen molar-refractivity contribution in [3.63, 3.8) is 0 Å². The SMILES string of the molecule is C[C@H](C(=O)NC(=O)NC(C)(C)C)N1CCN(C(c2ccccc2)c2ccccc2)CC1. The van der Waals surface area contributed by atoms with E-state index in [1.165, 1.54) is 11.1 Å². The monoisotopic (exact) mass is 422 g/mol. The van der Waals surface area contributed by atoms with Crippen LogP contribution >= 0.6 is 0 Å². The maximum absolute atomic E-state index is 12.6. The van der Waals surface area contributed by atoms with Gasteiger partial charge in [-0.2, -0.15) is 0 Å². The molecular weight excluding hydrogens is 388 g/mol. The van der Waals surface area contributed by atoms with E-state index in [1.54, 1.807) is 0 Å². The summed E-state index contributed by atoms with van der Waals surface area (Å²) in [5, 5.41) is 5.24. The van der Waals surface area contributed by atoms with Gasteiger partial charge in [0.25, 0.3) is 0 Å². The summed E-state index contributed by atoms with van der Waals surface area (Å²) in [5.41, 5.74) is 2.15. The van der Waals surface area contributed by atoms with E-state index >= 15 is 0 Å². The minimum Gasteiger partial charge on any atom is -0.333 e. The van der Waals surface area contributed by atoms with Gasteiger partial charge in [-0.05, 0) is 38.8 Å². The van der Waals surface area contributed by atoms with Crippen LogP contribution in [0, 0.1) is 0 Å². The van der Waals surface area contributed by atoms with Gasteiger partial charge in [0.15, 0.2) is 0 Å². The van der Waals surface area contributed by atoms with Gasteiger partial charge in [-0.25, -0.2) is 4.79 Å². The van der Waals surface area contributed by atoms with E-state index in [9.17, 15) is 9.59 Å². The van der Waals surface area contributed by atoms with Crippen LogP contribution in [0.1, 0.15) is 44.9 Å². The molecule has 0 spiro atoms. The fraction of sp³-hybridized carbons (Fsp3) is 0.440. The first-order valence-corrected chi connectivity index (χ1v) is 11.0. The van der Waals surface area contributed by atoms with Gasteiger partial charge in [-0.1, -0.05) is 60.7 Å². The van der Waals surface area contributed by atoms with E-state index in [-0.39, 0.29) is 23.5 Å². The van der Waals surface area contributed by atoms with Gasteiger partial charge in [-0.15, -0.1) is 0 Å². The van der Waals surface area contributed by atoms with Gasteiger partial charge in [0.2, 0.25) is 5.91 Å². The molecule has 2 aromatic carbocycles. The van der Waals surface area contributed by atoms with Crippen molar-refractivity contribution in [2.24, 2.45) is 0 Å². The third-order valence-electron chi connectivity index (χ3n) is 5.60. The van der Waals surface area contributed by atoms with E-state index < -0.39 is 6.03 Å². The molecule has 1 aliphatic rings. The largest absolute Gasteiger partial charge is 0.333 e. The quantitative estimate of drug-likeness (QED) is 0.775. The second kappa shape index (κ2) is 10.1. The molecule has 166 valence electrons. The zero-order chi connectivity index (χ0) is 22.4. The van der Waals surface area contributed by atoms with Gasteiger partial charge in [-0.3, -0.25) is 19.9 Å². The number of benzene rings is 2. The lowest BCUT2D eigenvalue weighted by Gasteiger charge is -2.41. The number of hydrogen-bond acceptors (Lipinski definition) is 4. The summed E-state index contributed by atoms with van der Waals surface area (Å²) in [6.07, 6.45) is 0. The molecule has 2 N–H and O–H groups in total. The average Bonchev–Trinajstić information content (AvgIpc) is 2.74. The number of nitrogens with one attached hydrogen (secondary N) is 2. The zero-order valence-corrected chi connectivity index (χ0v) is 19.0. The Balaban J connectivity index is 1.63. The molecular formula is C25H34N4O2. The summed E-state index contributed by atoms with van der Waals surface area (Å²) in [4.78, 5) is 29.2. The van der Waals surface area contributed by atoms with Crippen LogP contribution in [-0.4, -0.2) is 59.5 Å². The summed E-state index contributed by atoms with van der Waals surface area (Å²) in [5.74, 6) is -0.266. The molecule has 0 saturated carbocycles. The average molecular weight is 423 g/mol. The maximum atomic E-state index is 12.6. The molecule has 1 fully saturated rings. The number of carbonyl (C=O) groups excluding carboxylic acids is 2. The molecule has 31 heavy (non-hydrogen) atoms. The molecule has 0 bridgehead atoms. The van der Waals surface area contributed by atoms with Crippen molar-refractivity contribution in [3.05, 3.63) is 71.8 Å². The highest BCUT2D eigenvalue weighted by molar-refractivity contribution is 5.97. The Kier molecular flexibility index (Phi) is 7.46. The van der Waals surface area contributed by atoms with Crippen LogP contribution in [0.25, 0.3) is 0 Å². The van der Waals surface area contributed by atoms with Crippen molar-refractivity contribution < 1.29 is 9.59 Å². The summed E-state index contributed by atoms with van der Waals surface area (Å²) < 4.78 is 0. The molecule has 2 aromatic rings. The Morgan fingerprint density at radius 1 is 0.806 bits per heavy atom. The third-order valence-corrected chi connectivity index (χ3v) is 5.60. The molecule has 1 heterocycles. The molecule has 0 aromatic heterocycles. The number of amides is 3. The first-order valence-electron chi connectivity index (χ1n) is 11.0. The highest BCUT2D eigenvalue weighted by Crippen LogP contribution is 2.29. The molecule has 3 amide bonds. The van der Waals surface area contributed by atoms with Crippen molar-refractivity contribution >= 4 is 11.9 Å². The number of piperazine rings is 1. The highest BCUT2D eigenvalue weighted by Gasteiger charge is 2.30. The smallest absolute Gasteiger partial charge is 0.321 e. The van der Waals surface area contributed by atoms with Crippen molar-refractivity contribution in [3.8, 4) is 0 Å². The van der Waals surface area contributed by atoms with E-state index in [0.717, 1.165) is 26.2 Å². The minimum absolute atomic E-state index is 0.186. The fourth-order valence-corrected chi connectivity index (χ4v) is 4.02. The van der Waals surface area contributed by atoms with Gasteiger partial charge in [0, 0.05) is 31.7 Å². The molecule has 1 atom stereocenters. The zero-order valence-electron chi connectivity index (χ0n) is 19.0. The van der Waals surface area contributed by atoms with Gasteiger partial charge < -0.3 is 5.32 Å². The number of imide groups is 1. The summed E-state index contributed by atoms with van der Waals surface area (Å²) >= 11 is 0. The number of rotatable bonds is 5. The van der Waals surface area contributed by atoms with Crippen molar-refractivity contribution in [2.75, 3.05) is 26.2 Å². The number of carbonyl (C=O) groups is 2. The van der Waals surface area contributed by atoms with E-state index in [2.05, 4.69) is 69.0 Å². The standard InChI is InChI=1S/C25H34N4O2/c1-19(23(30)26-24(31)27-25(2,3)4)28-15-17-29(18-16-28)22(20-11-7-5-8-12-20)21-13-9-6-10-14-21/h5-14,19,22H,15-18H2,1-4H3,(H2,26,27,30,31)/t19-/m1/s1. The number of urea groups is 1. The van der Waals surface area contributed by atoms with Gasteiger partial charge >= 0.3 is 6.03 Å². The lowest BCUT2D eigenvalue weighted by atomic mass is 9.96. The first-order chi connectivity index (χ1) is 14.7. The van der Waals surface area contributed by atoms with Crippen LogP contribution in [0.2, 0.25) is 0 Å². The molecule has 6 nitrogen and oxygen atoms in total. The van der Waals surface area contributed by atoms with Crippen LogP contribution < -0.4 is 10.6 Å². The Labute approximate surface area is 185 Å². The van der Waals surface area contributed by atoms with Crippen molar-refractivity contribution in [1.82, 2.24) is 20.4 Å². The van der Waals surface area contributed by atoms with Crippen molar-refractivity contribution in [1.29, 1.82) is 0 Å². The first kappa shape index (κ1) is 23.0. The minimum atomic E-state index is -0.448. The Hall–Kier alpha value is -2.70. The van der Waals surface area contributed by atoms with Crippen LogP contribution in [0.15, 0.2) is 60.7 Å². The maximum Gasteiger partial charge on any atom is 0.321 e. The number of nitrogens with zero attached hydrogens (tertiary/aromatic N) is 2. The summed E-state index contributed by atoms with van der Waals surface area (Å²) in [6, 6.07) is 20.5. The number of hydrogen-bond donors (Lipinski definition) is 2. The lowest BCUT2D eigenvalue weighted by Crippen LogP contribution is -2.57. The van der Waals surface area contributed by atoms with Gasteiger partial charge in [0.1, 0.15) is 0 Å². The third kappa shape index (κ3) is 6.39. The summed E-state index contributed by atoms with van der Waals surface area (Å²) in [6.45, 7) is 10.7. The van der Waals surface area contributed by atoms with Crippen molar-refractivity contribution in [2.45, 2.75) is 45.3 Å². The fourth-order valence-electron chi connectivity index (χ4n) is 4.02. The Bertz CT molecular complexity index is 817.